The van der Waals surface area contributed by atoms with Crippen molar-refractivity contribution in [3.63, 3.8) is 0 Å². The number of carbonyl (C=O) groups excluding carboxylic acids is 1. The highest BCUT2D eigenvalue weighted by molar-refractivity contribution is 8.93. The highest BCUT2D eigenvalue weighted by Crippen LogP contribution is 2.43. The summed E-state index contributed by atoms with van der Waals surface area (Å²) in [5, 5.41) is 0.447. The number of nitrogens with two attached hydrogens (primary N) is 1. The molecule has 0 aliphatic heterocycles. The van der Waals surface area contributed by atoms with Crippen molar-refractivity contribution in [2.24, 2.45) is 0 Å². The summed E-state index contributed by atoms with van der Waals surface area (Å²) in [6, 6.07) is 0. The number of hydrogen-bond donors (Lipinski definition) is 1. The molecule has 1 aliphatic carbocycles. The molecule has 0 atom stereocenters. The van der Waals surface area contributed by atoms with Crippen molar-refractivity contribution in [1.82, 2.24) is 4.98 Å². The molecule has 0 unspecified atom stereocenters. The molecule has 0 aromatic carbocycles. The molecule has 0 bridgehead atoms. The number of ether oxygens (including phenoxy) is 1. The van der Waals surface area contributed by atoms with Crippen molar-refractivity contribution in [2.45, 2.75) is 18.8 Å². The van der Waals surface area contributed by atoms with Gasteiger partial charge < -0.3 is 10.5 Å². The van der Waals surface area contributed by atoms with E-state index < -0.39 is 0 Å². The van der Waals surface area contributed by atoms with Crippen molar-refractivity contribution >= 4 is 39.4 Å². The normalized spacial score (nSPS) is 14.6. The van der Waals surface area contributed by atoms with Crippen LogP contribution in [-0.2, 0) is 4.74 Å². The van der Waals surface area contributed by atoms with Gasteiger partial charge in [-0.15, -0.1) is 17.0 Å². The van der Waals surface area contributed by atoms with Gasteiger partial charge in [-0.2, -0.15) is 0 Å². The van der Waals surface area contributed by atoms with Crippen LogP contribution in [0, 0.1) is 0 Å². The minimum atomic E-state index is -0.323. The second-order valence-electron chi connectivity index (χ2n) is 3.03. The van der Waals surface area contributed by atoms with E-state index in [4.69, 9.17) is 5.73 Å². The molecule has 4 nitrogen and oxygen atoms in total. The minimum Gasteiger partial charge on any atom is -0.465 e. The smallest absolute Gasteiger partial charge is 0.350 e. The minimum absolute atomic E-state index is 0. The highest BCUT2D eigenvalue weighted by atomic mass is 79.9. The lowest BCUT2D eigenvalue weighted by molar-refractivity contribution is 0.0604. The first kappa shape index (κ1) is 11.5. The fourth-order valence-electron chi connectivity index (χ4n) is 1.22. The predicted molar refractivity (Wildman–Crippen MR) is 60.2 cm³/mol. The van der Waals surface area contributed by atoms with Gasteiger partial charge in [-0.05, 0) is 12.8 Å². The lowest BCUT2D eigenvalue weighted by Crippen LogP contribution is -2.01. The summed E-state index contributed by atoms with van der Waals surface area (Å²) in [5.74, 6) is 0.110. The standard InChI is InChI=1S/C8H10N2O2S.BrH/c1-12-7(11)6-5(4-2-3-4)10-8(9)13-6;/h4H,2-3H2,1H3,(H2,9,10);1H. The summed E-state index contributed by atoms with van der Waals surface area (Å²) >= 11 is 1.21. The first-order valence-corrected chi connectivity index (χ1v) is 4.88. The van der Waals surface area contributed by atoms with Crippen molar-refractivity contribution in [1.29, 1.82) is 0 Å². The van der Waals surface area contributed by atoms with Crippen LogP contribution in [0.4, 0.5) is 5.13 Å². The Balaban J connectivity index is 0.000000980. The Kier molecular flexibility index (Phi) is 3.49. The van der Waals surface area contributed by atoms with Crippen LogP contribution in [0.5, 0.6) is 0 Å². The number of carbonyl (C=O) groups is 1. The van der Waals surface area contributed by atoms with Crippen LogP contribution in [-0.4, -0.2) is 18.1 Å². The molecule has 1 heterocycles. The summed E-state index contributed by atoms with van der Waals surface area (Å²) < 4.78 is 4.64. The van der Waals surface area contributed by atoms with Gasteiger partial charge in [0.25, 0.3) is 0 Å². The van der Waals surface area contributed by atoms with Crippen LogP contribution < -0.4 is 5.73 Å². The zero-order chi connectivity index (χ0) is 9.42. The number of hydrogen-bond acceptors (Lipinski definition) is 5. The van der Waals surface area contributed by atoms with Crippen LogP contribution in [0.2, 0.25) is 0 Å². The first-order chi connectivity index (χ1) is 6.22. The number of nitrogen functional groups attached to an aromatic ring is 1. The van der Waals surface area contributed by atoms with E-state index in [1.54, 1.807) is 0 Å². The molecule has 1 saturated carbocycles. The summed E-state index contributed by atoms with van der Waals surface area (Å²) in [5.41, 5.74) is 6.37. The van der Waals surface area contributed by atoms with Gasteiger partial charge in [-0.25, -0.2) is 9.78 Å². The van der Waals surface area contributed by atoms with Crippen molar-refractivity contribution in [3.05, 3.63) is 10.6 Å². The number of methoxy groups -OCH3 is 1. The molecule has 2 N–H and O–H groups in total. The maximum atomic E-state index is 11.3. The van der Waals surface area contributed by atoms with Crippen molar-refractivity contribution in [3.8, 4) is 0 Å². The number of anilines is 1. The Bertz CT molecular complexity index is 349. The van der Waals surface area contributed by atoms with E-state index in [-0.39, 0.29) is 23.0 Å². The molecule has 1 aromatic heterocycles. The maximum absolute atomic E-state index is 11.3. The van der Waals surface area contributed by atoms with E-state index in [0.29, 0.717) is 15.9 Å². The van der Waals surface area contributed by atoms with E-state index in [2.05, 4.69) is 9.72 Å². The topological polar surface area (TPSA) is 65.2 Å². The SMILES string of the molecule is Br.COC(=O)c1sc(N)nc1C1CC1. The fourth-order valence-corrected chi connectivity index (χ4v) is 2.06. The average Bonchev–Trinajstić information content (AvgIpc) is 2.89. The van der Waals surface area contributed by atoms with Crippen LogP contribution in [0.25, 0.3) is 0 Å². The maximum Gasteiger partial charge on any atom is 0.350 e. The third-order valence-corrected chi connectivity index (χ3v) is 2.89. The molecule has 0 radical (unpaired) electrons. The summed E-state index contributed by atoms with van der Waals surface area (Å²) in [7, 11) is 1.37. The molecule has 78 valence electrons. The van der Waals surface area contributed by atoms with Gasteiger partial charge in [0.2, 0.25) is 0 Å². The fraction of sp³-hybridized carbons (Fsp3) is 0.500. The van der Waals surface area contributed by atoms with Crippen LogP contribution in [0.3, 0.4) is 0 Å². The molecule has 0 spiro atoms. The van der Waals surface area contributed by atoms with Crippen LogP contribution in [0.15, 0.2) is 0 Å². The van der Waals surface area contributed by atoms with Crippen LogP contribution in [0.1, 0.15) is 34.1 Å². The molecule has 0 saturated heterocycles. The molecule has 1 aromatic rings. The predicted octanol–water partition coefficient (Wildman–Crippen LogP) is 1.97. The third-order valence-electron chi connectivity index (χ3n) is 2.00. The van der Waals surface area contributed by atoms with Gasteiger partial charge in [0.05, 0.1) is 12.8 Å². The molecule has 0 amide bonds. The molecule has 6 heteroatoms. The van der Waals surface area contributed by atoms with E-state index in [9.17, 15) is 4.79 Å². The largest absolute Gasteiger partial charge is 0.465 e. The lowest BCUT2D eigenvalue weighted by Gasteiger charge is -1.96. The molecule has 1 fully saturated rings. The van der Waals surface area contributed by atoms with E-state index in [0.717, 1.165) is 18.5 Å². The Labute approximate surface area is 96.2 Å². The number of nitrogens with zero attached hydrogens (tertiary/aromatic N) is 1. The van der Waals surface area contributed by atoms with Gasteiger partial charge in [-0.3, -0.25) is 0 Å². The first-order valence-electron chi connectivity index (χ1n) is 4.07. The van der Waals surface area contributed by atoms with Crippen molar-refractivity contribution in [2.75, 3.05) is 12.8 Å². The molecule has 1 aliphatic rings. The van der Waals surface area contributed by atoms with Crippen LogP contribution >= 0.6 is 28.3 Å². The lowest BCUT2D eigenvalue weighted by atomic mass is 10.2. The Morgan fingerprint density at radius 2 is 2.29 bits per heavy atom. The molecule has 2 rings (SSSR count). The number of halogens is 1. The zero-order valence-corrected chi connectivity index (χ0v) is 10.2. The van der Waals surface area contributed by atoms with E-state index >= 15 is 0 Å². The number of aromatic nitrogens is 1. The third kappa shape index (κ3) is 2.06. The average molecular weight is 279 g/mol. The summed E-state index contributed by atoms with van der Waals surface area (Å²) in [4.78, 5) is 16.0. The van der Waals surface area contributed by atoms with Gasteiger partial charge >= 0.3 is 5.97 Å². The highest BCUT2D eigenvalue weighted by Gasteiger charge is 2.32. The summed E-state index contributed by atoms with van der Waals surface area (Å²) in [6.45, 7) is 0. The Morgan fingerprint density at radius 1 is 1.64 bits per heavy atom. The van der Waals surface area contributed by atoms with Crippen molar-refractivity contribution < 1.29 is 9.53 Å². The second kappa shape index (κ2) is 4.27. The Morgan fingerprint density at radius 3 is 2.79 bits per heavy atom. The molecule has 14 heavy (non-hydrogen) atoms. The van der Waals surface area contributed by atoms with Gasteiger partial charge in [-0.1, -0.05) is 11.3 Å². The van der Waals surface area contributed by atoms with Gasteiger partial charge in [0.1, 0.15) is 4.88 Å². The number of rotatable bonds is 2. The zero-order valence-electron chi connectivity index (χ0n) is 7.65. The Hall–Kier alpha value is -0.620. The van der Waals surface area contributed by atoms with Gasteiger partial charge in [0.15, 0.2) is 5.13 Å². The molecular formula is C8H11BrN2O2S. The second-order valence-corrected chi connectivity index (χ2v) is 4.06. The number of esters is 1. The van der Waals surface area contributed by atoms with E-state index in [1.807, 2.05) is 0 Å². The molecular weight excluding hydrogens is 268 g/mol. The quantitative estimate of drug-likeness (QED) is 0.840. The number of thiazole rings is 1. The van der Waals surface area contributed by atoms with E-state index in [1.165, 1.54) is 18.4 Å². The van der Waals surface area contributed by atoms with Gasteiger partial charge in [0, 0.05) is 5.92 Å². The monoisotopic (exact) mass is 278 g/mol. The summed E-state index contributed by atoms with van der Waals surface area (Å²) in [6.07, 6.45) is 2.21.